The molecule has 0 fully saturated rings. The van der Waals surface area contributed by atoms with Crippen molar-refractivity contribution in [1.82, 2.24) is 4.72 Å². The van der Waals surface area contributed by atoms with Gasteiger partial charge in [0.25, 0.3) is 6.43 Å². The van der Waals surface area contributed by atoms with Crippen molar-refractivity contribution in [3.8, 4) is 0 Å². The van der Waals surface area contributed by atoms with Crippen molar-refractivity contribution >= 4 is 27.2 Å². The third-order valence-electron chi connectivity index (χ3n) is 1.30. The highest BCUT2D eigenvalue weighted by Gasteiger charge is 2.23. The summed E-state index contributed by atoms with van der Waals surface area (Å²) >= 11 is 4.42. The maximum absolute atomic E-state index is 11.6. The second-order valence-corrected chi connectivity index (χ2v) is 4.89. The van der Waals surface area contributed by atoms with Gasteiger partial charge in [0.2, 0.25) is 10.0 Å². The van der Waals surface area contributed by atoms with Gasteiger partial charge in [0.1, 0.15) is 5.25 Å². The molecule has 3 N–H and O–H groups in total. The Morgan fingerprint density at radius 2 is 2.08 bits per heavy atom. The van der Waals surface area contributed by atoms with Crippen LogP contribution in [0.25, 0.3) is 0 Å². The number of halogens is 2. The van der Waals surface area contributed by atoms with Crippen LogP contribution in [0.3, 0.4) is 0 Å². The van der Waals surface area contributed by atoms with Gasteiger partial charge in [0.05, 0.1) is 11.5 Å². The van der Waals surface area contributed by atoms with Gasteiger partial charge in [-0.05, 0) is 6.92 Å². The number of alkyl halides is 2. The Bertz CT molecular complexity index is 278. The van der Waals surface area contributed by atoms with E-state index >= 15 is 0 Å². The van der Waals surface area contributed by atoms with E-state index in [1.54, 1.807) is 4.72 Å². The number of thiocarbonyl (C=S) groups is 1. The molecule has 1 atom stereocenters. The molecule has 0 aromatic heterocycles. The Balaban J connectivity index is 4.33. The summed E-state index contributed by atoms with van der Waals surface area (Å²) in [4.78, 5) is -0.248. The van der Waals surface area contributed by atoms with E-state index in [1.165, 1.54) is 6.92 Å². The van der Waals surface area contributed by atoms with Crippen molar-refractivity contribution in [1.29, 1.82) is 0 Å². The molecule has 4 nitrogen and oxygen atoms in total. The summed E-state index contributed by atoms with van der Waals surface area (Å²) in [7, 11) is -3.85. The molecule has 13 heavy (non-hydrogen) atoms. The van der Waals surface area contributed by atoms with Crippen molar-refractivity contribution in [2.75, 3.05) is 6.54 Å². The van der Waals surface area contributed by atoms with Crippen molar-refractivity contribution in [3.05, 3.63) is 0 Å². The lowest BCUT2D eigenvalue weighted by Crippen LogP contribution is -2.41. The van der Waals surface area contributed by atoms with Crippen molar-refractivity contribution < 1.29 is 17.2 Å². The third kappa shape index (κ3) is 4.44. The Hall–Kier alpha value is -0.340. The second kappa shape index (κ2) is 4.77. The van der Waals surface area contributed by atoms with Crippen LogP contribution in [-0.4, -0.2) is 31.6 Å². The summed E-state index contributed by atoms with van der Waals surface area (Å²) in [5.41, 5.74) is 5.05. The van der Waals surface area contributed by atoms with Gasteiger partial charge < -0.3 is 5.73 Å². The molecule has 0 heterocycles. The van der Waals surface area contributed by atoms with E-state index in [0.717, 1.165) is 0 Å². The van der Waals surface area contributed by atoms with E-state index in [9.17, 15) is 17.2 Å². The molecular weight excluding hydrogens is 222 g/mol. The van der Waals surface area contributed by atoms with E-state index in [-0.39, 0.29) is 4.99 Å². The Morgan fingerprint density at radius 3 is 2.38 bits per heavy atom. The largest absolute Gasteiger partial charge is 0.392 e. The molecule has 0 rings (SSSR count). The Morgan fingerprint density at radius 1 is 1.62 bits per heavy atom. The molecule has 78 valence electrons. The van der Waals surface area contributed by atoms with Gasteiger partial charge in [-0.2, -0.15) is 0 Å². The monoisotopic (exact) mass is 232 g/mol. The van der Waals surface area contributed by atoms with Crippen LogP contribution in [0.4, 0.5) is 8.78 Å². The van der Waals surface area contributed by atoms with Gasteiger partial charge in [-0.3, -0.25) is 0 Å². The number of nitrogens with two attached hydrogens (primary N) is 1. The predicted molar refractivity (Wildman–Crippen MR) is 49.2 cm³/mol. The van der Waals surface area contributed by atoms with Crippen LogP contribution in [-0.2, 0) is 10.0 Å². The van der Waals surface area contributed by atoms with Crippen LogP contribution in [0.1, 0.15) is 6.92 Å². The van der Waals surface area contributed by atoms with E-state index in [0.29, 0.717) is 0 Å². The fourth-order valence-electron chi connectivity index (χ4n) is 0.457. The van der Waals surface area contributed by atoms with Crippen LogP contribution in [0.15, 0.2) is 0 Å². The lowest BCUT2D eigenvalue weighted by Gasteiger charge is -2.11. The van der Waals surface area contributed by atoms with Crippen molar-refractivity contribution in [2.45, 2.75) is 18.6 Å². The number of rotatable bonds is 5. The molecule has 0 aliphatic rings. The topological polar surface area (TPSA) is 72.2 Å². The minimum atomic E-state index is -3.85. The summed E-state index contributed by atoms with van der Waals surface area (Å²) < 4.78 is 47.1. The van der Waals surface area contributed by atoms with Gasteiger partial charge in [-0.1, -0.05) is 12.2 Å². The van der Waals surface area contributed by atoms with Crippen LogP contribution in [0, 0.1) is 0 Å². The van der Waals surface area contributed by atoms with E-state index < -0.39 is 28.2 Å². The molecule has 0 saturated carbocycles. The summed E-state index contributed by atoms with van der Waals surface area (Å²) in [6.07, 6.45) is -2.73. The highest BCUT2D eigenvalue weighted by molar-refractivity contribution is 7.93. The molecule has 0 bridgehead atoms. The molecule has 0 aliphatic carbocycles. The van der Waals surface area contributed by atoms with Crippen LogP contribution in [0.5, 0.6) is 0 Å². The molecule has 0 aromatic rings. The second-order valence-electron chi connectivity index (χ2n) is 2.33. The van der Waals surface area contributed by atoms with Gasteiger partial charge in [0.15, 0.2) is 0 Å². The lowest BCUT2D eigenvalue weighted by molar-refractivity contribution is 0.153. The third-order valence-corrected chi connectivity index (χ3v) is 3.56. The maximum atomic E-state index is 11.6. The number of sulfonamides is 1. The quantitative estimate of drug-likeness (QED) is 0.646. The normalized spacial score (nSPS) is 14.5. The van der Waals surface area contributed by atoms with Gasteiger partial charge in [-0.25, -0.2) is 21.9 Å². The molecule has 0 amide bonds. The highest BCUT2D eigenvalue weighted by Crippen LogP contribution is 1.99. The van der Waals surface area contributed by atoms with Crippen molar-refractivity contribution in [2.24, 2.45) is 5.73 Å². The van der Waals surface area contributed by atoms with Gasteiger partial charge >= 0.3 is 0 Å². The Kier molecular flexibility index (Phi) is 4.65. The fourth-order valence-corrected chi connectivity index (χ4v) is 1.75. The average molecular weight is 232 g/mol. The molecule has 0 spiro atoms. The maximum Gasteiger partial charge on any atom is 0.251 e. The number of hydrogen-bond donors (Lipinski definition) is 2. The standard InChI is InChI=1S/C5H10F2N2O2S2/c1-3(5(8)12)13(10,11)9-2-4(6)7/h3-4,9H,2H2,1H3,(H2,8,12). The molecule has 1 unspecified atom stereocenters. The van der Waals surface area contributed by atoms with E-state index in [4.69, 9.17) is 5.73 Å². The molecule has 8 heteroatoms. The summed E-state index contributed by atoms with van der Waals surface area (Å²) in [5, 5.41) is -1.14. The number of nitrogens with one attached hydrogen (secondary N) is 1. The lowest BCUT2D eigenvalue weighted by atomic mass is 10.5. The average Bonchev–Trinajstić information content (AvgIpc) is 1.99. The zero-order valence-electron chi connectivity index (χ0n) is 6.83. The summed E-state index contributed by atoms with van der Waals surface area (Å²) in [6.45, 7) is 0.311. The first-order valence-corrected chi connectivity index (χ1v) is 5.28. The molecular formula is C5H10F2N2O2S2. The smallest absolute Gasteiger partial charge is 0.251 e. The summed E-state index contributed by atoms with van der Waals surface area (Å²) in [5.74, 6) is 0. The molecule has 0 aliphatic heterocycles. The predicted octanol–water partition coefficient (Wildman–Crippen LogP) is -0.154. The minimum Gasteiger partial charge on any atom is -0.392 e. The zero-order chi connectivity index (χ0) is 10.6. The Labute approximate surface area is 80.5 Å². The SMILES string of the molecule is CC(C(N)=S)S(=O)(=O)NCC(F)F. The molecule has 0 aromatic carbocycles. The van der Waals surface area contributed by atoms with E-state index in [1.807, 2.05) is 0 Å². The van der Waals surface area contributed by atoms with Crippen molar-refractivity contribution in [3.63, 3.8) is 0 Å². The highest BCUT2D eigenvalue weighted by atomic mass is 32.2. The van der Waals surface area contributed by atoms with Crippen LogP contribution < -0.4 is 10.5 Å². The molecule has 0 saturated heterocycles. The zero-order valence-corrected chi connectivity index (χ0v) is 8.46. The first-order chi connectivity index (χ1) is 5.77. The van der Waals surface area contributed by atoms with Crippen LogP contribution >= 0.6 is 12.2 Å². The van der Waals surface area contributed by atoms with Gasteiger partial charge in [-0.15, -0.1) is 0 Å². The van der Waals surface area contributed by atoms with Gasteiger partial charge in [0, 0.05) is 0 Å². The van der Waals surface area contributed by atoms with Crippen LogP contribution in [0.2, 0.25) is 0 Å². The minimum absolute atomic E-state index is 0.248. The first-order valence-electron chi connectivity index (χ1n) is 3.33. The molecule has 0 radical (unpaired) electrons. The number of hydrogen-bond acceptors (Lipinski definition) is 3. The fraction of sp³-hybridized carbons (Fsp3) is 0.800. The summed E-state index contributed by atoms with van der Waals surface area (Å²) in [6, 6.07) is 0. The first kappa shape index (κ1) is 12.7. The van der Waals surface area contributed by atoms with E-state index in [2.05, 4.69) is 12.2 Å².